The van der Waals surface area contributed by atoms with Crippen molar-refractivity contribution >= 4 is 17.8 Å². The molecule has 150 valence electrons. The first-order valence-electron chi connectivity index (χ1n) is 8.42. The average Bonchev–Trinajstić information content (AvgIpc) is 3.25. The Morgan fingerprint density at radius 3 is 2.36 bits per heavy atom. The van der Waals surface area contributed by atoms with Crippen molar-refractivity contribution in [3.63, 3.8) is 0 Å². The molecular formula is C19H22N2O7. The number of hydrogen-bond acceptors (Lipinski definition) is 7. The van der Waals surface area contributed by atoms with Gasteiger partial charge in [-0.05, 0) is 31.2 Å². The van der Waals surface area contributed by atoms with Crippen LogP contribution in [0.5, 0.6) is 11.5 Å². The van der Waals surface area contributed by atoms with Crippen molar-refractivity contribution in [2.24, 2.45) is 0 Å². The first kappa shape index (κ1) is 20.8. The number of benzene rings is 1. The van der Waals surface area contributed by atoms with Gasteiger partial charge in [-0.15, -0.1) is 0 Å². The summed E-state index contributed by atoms with van der Waals surface area (Å²) in [7, 11) is 2.93. The highest BCUT2D eigenvalue weighted by molar-refractivity contribution is 5.96. The van der Waals surface area contributed by atoms with Gasteiger partial charge in [0.15, 0.2) is 6.61 Å². The van der Waals surface area contributed by atoms with E-state index in [4.69, 9.17) is 18.6 Å². The van der Waals surface area contributed by atoms with Crippen LogP contribution in [-0.2, 0) is 14.3 Å². The summed E-state index contributed by atoms with van der Waals surface area (Å²) >= 11 is 0. The Kier molecular flexibility index (Phi) is 7.44. The van der Waals surface area contributed by atoms with E-state index >= 15 is 0 Å². The molecule has 2 amide bonds. The van der Waals surface area contributed by atoms with Crippen molar-refractivity contribution in [2.45, 2.75) is 13.0 Å². The highest BCUT2D eigenvalue weighted by atomic mass is 16.5. The zero-order chi connectivity index (χ0) is 20.5. The van der Waals surface area contributed by atoms with Crippen LogP contribution in [0.3, 0.4) is 0 Å². The topological polar surface area (TPSA) is 116 Å². The Bertz CT molecular complexity index is 795. The Labute approximate surface area is 161 Å². The normalized spacial score (nSPS) is 11.2. The fraction of sp³-hybridized carbons (Fsp3) is 0.316. The van der Waals surface area contributed by atoms with Crippen LogP contribution in [0.4, 0.5) is 0 Å². The number of esters is 1. The number of carbonyl (C=O) groups excluding carboxylic acids is 3. The lowest BCUT2D eigenvalue weighted by Gasteiger charge is -2.12. The minimum absolute atomic E-state index is 0.258. The van der Waals surface area contributed by atoms with Gasteiger partial charge in [-0.3, -0.25) is 14.4 Å². The molecule has 0 saturated carbocycles. The summed E-state index contributed by atoms with van der Waals surface area (Å²) in [6.07, 6.45) is 1.50. The van der Waals surface area contributed by atoms with Crippen LogP contribution in [0, 0.1) is 0 Å². The molecular weight excluding hydrogens is 368 g/mol. The smallest absolute Gasteiger partial charge is 0.325 e. The number of rotatable bonds is 9. The van der Waals surface area contributed by atoms with Gasteiger partial charge in [-0.1, -0.05) is 0 Å². The average molecular weight is 390 g/mol. The Morgan fingerprint density at radius 1 is 1.11 bits per heavy atom. The summed E-state index contributed by atoms with van der Waals surface area (Å²) in [4.78, 5) is 35.7. The molecule has 0 unspecified atom stereocenters. The van der Waals surface area contributed by atoms with Gasteiger partial charge in [0.2, 0.25) is 0 Å². The largest absolute Gasteiger partial charge is 0.497 e. The summed E-state index contributed by atoms with van der Waals surface area (Å²) in [5.74, 6) is -0.278. The van der Waals surface area contributed by atoms with Crippen molar-refractivity contribution in [2.75, 3.05) is 27.4 Å². The zero-order valence-corrected chi connectivity index (χ0v) is 15.8. The van der Waals surface area contributed by atoms with Gasteiger partial charge in [-0.25, -0.2) is 0 Å². The molecule has 2 N–H and O–H groups in total. The minimum Gasteiger partial charge on any atom is -0.497 e. The van der Waals surface area contributed by atoms with Crippen LogP contribution in [0.1, 0.15) is 29.1 Å². The summed E-state index contributed by atoms with van der Waals surface area (Å²) in [6.45, 7) is 0.882. The third-order valence-corrected chi connectivity index (χ3v) is 3.72. The van der Waals surface area contributed by atoms with Gasteiger partial charge in [0.05, 0.1) is 26.5 Å². The van der Waals surface area contributed by atoms with Gasteiger partial charge in [0, 0.05) is 11.6 Å². The summed E-state index contributed by atoms with van der Waals surface area (Å²) in [5, 5.41) is 5.05. The molecule has 0 spiro atoms. The molecule has 9 heteroatoms. The molecule has 0 bridgehead atoms. The second-order valence-corrected chi connectivity index (χ2v) is 5.75. The molecule has 2 aromatic rings. The van der Waals surface area contributed by atoms with Crippen LogP contribution in [0.25, 0.3) is 0 Å². The zero-order valence-electron chi connectivity index (χ0n) is 15.8. The van der Waals surface area contributed by atoms with E-state index in [1.54, 1.807) is 25.1 Å². The van der Waals surface area contributed by atoms with Crippen LogP contribution < -0.4 is 20.1 Å². The van der Waals surface area contributed by atoms with Gasteiger partial charge in [0.25, 0.3) is 11.8 Å². The summed E-state index contributed by atoms with van der Waals surface area (Å²) in [6, 6.07) is 7.70. The van der Waals surface area contributed by atoms with Crippen LogP contribution in [0.2, 0.25) is 0 Å². The molecule has 0 radical (unpaired) electrons. The lowest BCUT2D eigenvalue weighted by Crippen LogP contribution is -2.34. The fourth-order valence-electron chi connectivity index (χ4n) is 2.28. The number of nitrogens with one attached hydrogen (secondary N) is 2. The van der Waals surface area contributed by atoms with Crippen LogP contribution in [0.15, 0.2) is 41.0 Å². The standard InChI is InChI=1S/C19H22N2O7/c1-12(16-5-4-6-27-16)21-17(22)11-28-18(23)10-20-19(24)13-7-14(25-2)9-15(8-13)26-3/h4-9,12H,10-11H2,1-3H3,(H,20,24)(H,21,22)/t12-/m0/s1. The molecule has 0 saturated heterocycles. The molecule has 2 rings (SSSR count). The molecule has 28 heavy (non-hydrogen) atoms. The molecule has 1 aromatic carbocycles. The Morgan fingerprint density at radius 2 is 1.79 bits per heavy atom. The van der Waals surface area contributed by atoms with Crippen molar-refractivity contribution in [1.29, 1.82) is 0 Å². The summed E-state index contributed by atoms with van der Waals surface area (Å²) < 4.78 is 20.2. The molecule has 1 heterocycles. The third-order valence-electron chi connectivity index (χ3n) is 3.72. The number of methoxy groups -OCH3 is 2. The Hall–Kier alpha value is -3.49. The molecule has 0 aliphatic carbocycles. The minimum atomic E-state index is -0.746. The van der Waals surface area contributed by atoms with Crippen molar-refractivity contribution in [3.05, 3.63) is 47.9 Å². The molecule has 0 fully saturated rings. The number of carbonyl (C=O) groups is 3. The number of amides is 2. The maximum Gasteiger partial charge on any atom is 0.325 e. The maximum atomic E-state index is 12.2. The summed E-state index contributed by atoms with van der Waals surface area (Å²) in [5.41, 5.74) is 0.258. The molecule has 1 atom stereocenters. The van der Waals surface area contributed by atoms with E-state index in [2.05, 4.69) is 10.6 Å². The van der Waals surface area contributed by atoms with E-state index in [-0.39, 0.29) is 18.2 Å². The quantitative estimate of drug-likeness (QED) is 0.623. The van der Waals surface area contributed by atoms with Crippen molar-refractivity contribution in [3.8, 4) is 11.5 Å². The molecule has 1 aromatic heterocycles. The van der Waals surface area contributed by atoms with E-state index in [1.165, 1.54) is 32.6 Å². The maximum absolute atomic E-state index is 12.2. The highest BCUT2D eigenvalue weighted by Crippen LogP contribution is 2.22. The third kappa shape index (κ3) is 6.04. The van der Waals surface area contributed by atoms with Crippen LogP contribution >= 0.6 is 0 Å². The van der Waals surface area contributed by atoms with E-state index in [0.29, 0.717) is 17.3 Å². The van der Waals surface area contributed by atoms with Crippen molar-refractivity contribution < 1.29 is 33.0 Å². The Balaban J connectivity index is 1.77. The second-order valence-electron chi connectivity index (χ2n) is 5.75. The van der Waals surface area contributed by atoms with E-state index < -0.39 is 24.4 Å². The highest BCUT2D eigenvalue weighted by Gasteiger charge is 2.15. The van der Waals surface area contributed by atoms with Crippen molar-refractivity contribution in [1.82, 2.24) is 10.6 Å². The fourth-order valence-corrected chi connectivity index (χ4v) is 2.28. The number of furan rings is 1. The molecule has 9 nitrogen and oxygen atoms in total. The van der Waals surface area contributed by atoms with Gasteiger partial charge >= 0.3 is 5.97 Å². The van der Waals surface area contributed by atoms with E-state index in [1.807, 2.05) is 0 Å². The SMILES string of the molecule is COc1cc(OC)cc(C(=O)NCC(=O)OCC(=O)N[C@@H](C)c2ccco2)c1. The monoisotopic (exact) mass is 390 g/mol. The van der Waals surface area contributed by atoms with E-state index in [0.717, 1.165) is 0 Å². The number of ether oxygens (including phenoxy) is 3. The van der Waals surface area contributed by atoms with E-state index in [9.17, 15) is 14.4 Å². The van der Waals surface area contributed by atoms with Gasteiger partial charge in [0.1, 0.15) is 23.8 Å². The molecule has 0 aliphatic rings. The second kappa shape index (κ2) is 10.0. The lowest BCUT2D eigenvalue weighted by atomic mass is 10.2. The van der Waals surface area contributed by atoms with Gasteiger partial charge in [-0.2, -0.15) is 0 Å². The first-order chi connectivity index (χ1) is 13.4. The van der Waals surface area contributed by atoms with Gasteiger partial charge < -0.3 is 29.3 Å². The predicted molar refractivity (Wildman–Crippen MR) is 98.1 cm³/mol. The van der Waals surface area contributed by atoms with Crippen LogP contribution in [-0.4, -0.2) is 45.2 Å². The predicted octanol–water partition coefficient (Wildman–Crippen LogP) is 1.45. The first-order valence-corrected chi connectivity index (χ1v) is 8.42. The number of hydrogen-bond donors (Lipinski definition) is 2. The lowest BCUT2D eigenvalue weighted by molar-refractivity contribution is -0.147. The molecule has 0 aliphatic heterocycles.